The molecule has 0 unspecified atom stereocenters. The molecule has 0 aliphatic carbocycles. The molecule has 0 spiro atoms. The van der Waals surface area contributed by atoms with E-state index in [1.54, 1.807) is 0 Å². The fourth-order valence-electron chi connectivity index (χ4n) is 4.89. The van der Waals surface area contributed by atoms with Crippen LogP contribution in [0.2, 0.25) is 0 Å². The Balaban J connectivity index is 0.00000252. The molecule has 2 N–H and O–H groups in total. The van der Waals surface area contributed by atoms with E-state index >= 15 is 0 Å². The van der Waals surface area contributed by atoms with E-state index in [0.29, 0.717) is 0 Å². The zero-order chi connectivity index (χ0) is 23.9. The molecule has 8 bridgehead atoms. The molecule has 0 saturated carbocycles. The van der Waals surface area contributed by atoms with Crippen LogP contribution in [0, 0.1) is 0 Å². The van der Waals surface area contributed by atoms with Gasteiger partial charge < -0.3 is 9.97 Å². The average Bonchev–Trinajstić information content (AvgIpc) is 3.70. The smallest absolute Gasteiger partial charge is 0.0658 e. The van der Waals surface area contributed by atoms with E-state index in [2.05, 4.69) is 131 Å². The molecule has 37 heavy (non-hydrogen) atoms. The Morgan fingerprint density at radius 1 is 0.432 bits per heavy atom. The molecule has 177 valence electrons. The van der Waals surface area contributed by atoms with Gasteiger partial charge in [0.25, 0.3) is 0 Å². The van der Waals surface area contributed by atoms with Gasteiger partial charge in [0.05, 0.1) is 22.8 Å². The summed E-state index contributed by atoms with van der Waals surface area (Å²) in [6, 6.07) is 33.6. The van der Waals surface area contributed by atoms with Crippen molar-refractivity contribution in [2.24, 2.45) is 0 Å². The fourth-order valence-corrected chi connectivity index (χ4v) is 4.89. The van der Waals surface area contributed by atoms with Gasteiger partial charge in [-0.2, -0.15) is 0 Å². The molecule has 5 heterocycles. The van der Waals surface area contributed by atoms with Gasteiger partial charge >= 0.3 is 0 Å². The standard InChI is InChI=1S/C32H22N4.Mn/c1-3-7-21(8-4-1)31-29-19-27-15-13-25(34-27)17-23-11-12-24(33-23)18-26-14-16-28(35-26)20-30(36-29)32(31)22-9-5-2-6-10-22;/h1-20,33,36H;. The minimum absolute atomic E-state index is 0. The maximum Gasteiger partial charge on any atom is 0.0658 e. The maximum atomic E-state index is 4.87. The minimum Gasteiger partial charge on any atom is -0.355 e. The molecule has 5 aromatic rings. The Kier molecular flexibility index (Phi) is 5.93. The van der Waals surface area contributed by atoms with E-state index in [4.69, 9.17) is 9.97 Å². The number of nitrogens with zero attached hydrogens (tertiary/aromatic N) is 2. The van der Waals surface area contributed by atoms with Crippen molar-refractivity contribution in [3.8, 4) is 22.3 Å². The summed E-state index contributed by atoms with van der Waals surface area (Å²) < 4.78 is 0. The second-order valence-electron chi connectivity index (χ2n) is 8.97. The van der Waals surface area contributed by atoms with Crippen molar-refractivity contribution in [3.05, 3.63) is 120 Å². The number of aromatic nitrogens is 4. The van der Waals surface area contributed by atoms with Gasteiger partial charge in [-0.25, -0.2) is 9.97 Å². The van der Waals surface area contributed by atoms with Gasteiger partial charge in [-0.3, -0.25) is 0 Å². The van der Waals surface area contributed by atoms with Crippen LogP contribution in [0.4, 0.5) is 0 Å². The first kappa shape index (κ1) is 23.0. The zero-order valence-corrected chi connectivity index (χ0v) is 21.0. The largest absolute Gasteiger partial charge is 0.355 e. The van der Waals surface area contributed by atoms with Gasteiger partial charge in [0, 0.05) is 50.3 Å². The normalized spacial score (nSPS) is 11.9. The number of benzene rings is 2. The van der Waals surface area contributed by atoms with Crippen LogP contribution in [0.1, 0.15) is 22.8 Å². The van der Waals surface area contributed by atoms with Gasteiger partial charge in [-0.1, -0.05) is 60.7 Å². The number of H-pyrrole nitrogens is 2. The summed E-state index contributed by atoms with van der Waals surface area (Å²) in [7, 11) is 0. The molecule has 5 heteroatoms. The predicted octanol–water partition coefficient (Wildman–Crippen LogP) is 7.99. The monoisotopic (exact) mass is 517 g/mol. The summed E-state index contributed by atoms with van der Waals surface area (Å²) in [6.45, 7) is 0. The molecular weight excluding hydrogens is 495 g/mol. The molecule has 0 saturated heterocycles. The SMILES string of the molecule is C1=Cc2cc3[nH]c(cc4nc(cc5ccc(cc1n2)[nH]5)C=C4)c(-c1ccccc1)c3-c1ccccc1.[Mn]. The van der Waals surface area contributed by atoms with Crippen LogP contribution in [-0.4, -0.2) is 19.9 Å². The Morgan fingerprint density at radius 3 is 1.27 bits per heavy atom. The minimum atomic E-state index is 0. The predicted molar refractivity (Wildman–Crippen MR) is 150 cm³/mol. The number of hydrogen-bond donors (Lipinski definition) is 2. The Morgan fingerprint density at radius 2 is 0.838 bits per heavy atom. The van der Waals surface area contributed by atoms with Crippen LogP contribution >= 0.6 is 0 Å². The van der Waals surface area contributed by atoms with Crippen molar-refractivity contribution < 1.29 is 17.1 Å². The number of fused-ring (bicyclic) bond motifs is 8. The molecule has 7 rings (SSSR count). The van der Waals surface area contributed by atoms with E-state index < -0.39 is 0 Å². The van der Waals surface area contributed by atoms with Gasteiger partial charge in [-0.05, 0) is 71.8 Å². The second-order valence-corrected chi connectivity index (χ2v) is 8.97. The van der Waals surface area contributed by atoms with Crippen LogP contribution in [0.25, 0.3) is 68.6 Å². The molecular formula is C32H22MnN4. The quantitative estimate of drug-likeness (QED) is 0.228. The molecule has 2 aliphatic heterocycles. The summed E-state index contributed by atoms with van der Waals surface area (Å²) >= 11 is 0. The van der Waals surface area contributed by atoms with E-state index in [-0.39, 0.29) is 17.1 Å². The topological polar surface area (TPSA) is 57.4 Å². The Labute approximate surface area is 225 Å². The first-order chi connectivity index (χ1) is 17.8. The van der Waals surface area contributed by atoms with E-state index in [0.717, 1.165) is 67.1 Å². The Hall–Kier alpha value is -4.44. The van der Waals surface area contributed by atoms with Crippen molar-refractivity contribution in [2.75, 3.05) is 0 Å². The average molecular weight is 517 g/mol. The van der Waals surface area contributed by atoms with Crippen molar-refractivity contribution in [1.29, 1.82) is 0 Å². The van der Waals surface area contributed by atoms with E-state index in [1.165, 1.54) is 0 Å². The molecule has 0 atom stereocenters. The Bertz CT molecular complexity index is 1700. The summed E-state index contributed by atoms with van der Waals surface area (Å²) in [5, 5.41) is 0. The van der Waals surface area contributed by atoms with Crippen LogP contribution in [0.15, 0.2) is 97.1 Å². The summed E-state index contributed by atoms with van der Waals surface area (Å²) in [6.07, 6.45) is 8.22. The van der Waals surface area contributed by atoms with Crippen molar-refractivity contribution in [3.63, 3.8) is 0 Å². The molecule has 0 fully saturated rings. The van der Waals surface area contributed by atoms with Gasteiger partial charge in [0.1, 0.15) is 0 Å². The van der Waals surface area contributed by atoms with Crippen LogP contribution in [-0.2, 0) is 17.1 Å². The van der Waals surface area contributed by atoms with Crippen molar-refractivity contribution >= 4 is 46.4 Å². The van der Waals surface area contributed by atoms with E-state index in [1.807, 2.05) is 0 Å². The van der Waals surface area contributed by atoms with Crippen molar-refractivity contribution in [2.45, 2.75) is 0 Å². The molecule has 0 amide bonds. The third kappa shape index (κ3) is 4.47. The van der Waals surface area contributed by atoms with Gasteiger partial charge in [-0.15, -0.1) is 0 Å². The maximum absolute atomic E-state index is 4.87. The van der Waals surface area contributed by atoms with Gasteiger partial charge in [0.2, 0.25) is 0 Å². The summed E-state index contributed by atoms with van der Waals surface area (Å²) in [4.78, 5) is 16.9. The van der Waals surface area contributed by atoms with Crippen LogP contribution in [0.3, 0.4) is 0 Å². The molecule has 2 aliphatic rings. The number of hydrogen-bond acceptors (Lipinski definition) is 2. The zero-order valence-electron chi connectivity index (χ0n) is 19.8. The van der Waals surface area contributed by atoms with E-state index in [9.17, 15) is 0 Å². The number of rotatable bonds is 2. The van der Waals surface area contributed by atoms with Crippen molar-refractivity contribution in [1.82, 2.24) is 19.9 Å². The molecule has 1 radical (unpaired) electrons. The first-order valence-corrected chi connectivity index (χ1v) is 12.0. The molecule has 4 nitrogen and oxygen atoms in total. The fraction of sp³-hybridized carbons (Fsp3) is 0. The summed E-state index contributed by atoms with van der Waals surface area (Å²) in [5.41, 5.74) is 12.3. The number of nitrogens with one attached hydrogen (secondary N) is 2. The first-order valence-electron chi connectivity index (χ1n) is 12.0. The third-order valence-electron chi connectivity index (χ3n) is 6.47. The molecule has 3 aromatic heterocycles. The van der Waals surface area contributed by atoms with Crippen LogP contribution < -0.4 is 0 Å². The molecule has 2 aromatic carbocycles. The number of aromatic amines is 2. The van der Waals surface area contributed by atoms with Gasteiger partial charge in [0.15, 0.2) is 0 Å². The third-order valence-corrected chi connectivity index (χ3v) is 6.47. The second kappa shape index (κ2) is 9.55. The summed E-state index contributed by atoms with van der Waals surface area (Å²) in [5.74, 6) is 0. The van der Waals surface area contributed by atoms with Crippen LogP contribution in [0.5, 0.6) is 0 Å².